The lowest BCUT2D eigenvalue weighted by Crippen LogP contribution is -2.13. The van der Waals surface area contributed by atoms with Crippen molar-refractivity contribution in [1.29, 1.82) is 0 Å². The second kappa shape index (κ2) is 7.52. The van der Waals surface area contributed by atoms with Crippen LogP contribution in [0.4, 0.5) is 11.4 Å². The van der Waals surface area contributed by atoms with Gasteiger partial charge in [-0.3, -0.25) is 9.59 Å². The van der Waals surface area contributed by atoms with Crippen LogP contribution in [0.5, 0.6) is 0 Å². The van der Waals surface area contributed by atoms with E-state index in [2.05, 4.69) is 15.6 Å². The highest BCUT2D eigenvalue weighted by molar-refractivity contribution is 7.20. The summed E-state index contributed by atoms with van der Waals surface area (Å²) in [6.07, 6.45) is 1.44. The molecule has 29 heavy (non-hydrogen) atoms. The number of carbonyl (C=O) groups excluding carboxylic acids is 2. The molecule has 0 aliphatic carbocycles. The molecule has 146 valence electrons. The Kier molecular flexibility index (Phi) is 4.90. The van der Waals surface area contributed by atoms with Crippen LogP contribution >= 0.6 is 11.3 Å². The summed E-state index contributed by atoms with van der Waals surface area (Å²) < 4.78 is 5.09. The van der Waals surface area contributed by atoms with Gasteiger partial charge in [0.25, 0.3) is 11.8 Å². The van der Waals surface area contributed by atoms with Gasteiger partial charge in [-0.05, 0) is 68.3 Å². The Bertz CT molecular complexity index is 1230. The smallest absolute Gasteiger partial charge is 0.291 e. The van der Waals surface area contributed by atoms with E-state index in [1.54, 1.807) is 36.4 Å². The molecule has 0 spiro atoms. The van der Waals surface area contributed by atoms with Gasteiger partial charge in [-0.15, -0.1) is 11.3 Å². The fourth-order valence-corrected chi connectivity index (χ4v) is 4.50. The van der Waals surface area contributed by atoms with Crippen LogP contribution in [-0.2, 0) is 0 Å². The van der Waals surface area contributed by atoms with Gasteiger partial charge in [0.1, 0.15) is 4.83 Å². The zero-order valence-electron chi connectivity index (χ0n) is 16.2. The maximum Gasteiger partial charge on any atom is 0.291 e. The molecule has 7 heteroatoms. The van der Waals surface area contributed by atoms with Crippen molar-refractivity contribution in [2.45, 2.75) is 20.8 Å². The van der Waals surface area contributed by atoms with Crippen LogP contribution in [-0.4, -0.2) is 16.8 Å². The van der Waals surface area contributed by atoms with E-state index >= 15 is 0 Å². The Morgan fingerprint density at radius 1 is 0.966 bits per heavy atom. The van der Waals surface area contributed by atoms with E-state index in [9.17, 15) is 9.59 Å². The number of hydrogen-bond acceptors (Lipinski definition) is 5. The molecular formula is C22H19N3O3S. The van der Waals surface area contributed by atoms with Gasteiger partial charge < -0.3 is 15.1 Å². The quantitative estimate of drug-likeness (QED) is 0.481. The summed E-state index contributed by atoms with van der Waals surface area (Å²) in [6, 6.07) is 12.2. The molecule has 0 saturated heterocycles. The molecule has 0 fully saturated rings. The minimum absolute atomic E-state index is 0.197. The maximum absolute atomic E-state index is 12.9. The second-order valence-corrected chi connectivity index (χ2v) is 7.78. The zero-order valence-corrected chi connectivity index (χ0v) is 17.0. The number of fused-ring (bicyclic) bond motifs is 1. The highest BCUT2D eigenvalue weighted by Gasteiger charge is 2.18. The normalized spacial score (nSPS) is 10.9. The second-order valence-electron chi connectivity index (χ2n) is 6.78. The van der Waals surface area contributed by atoms with Gasteiger partial charge in [0.15, 0.2) is 5.76 Å². The molecule has 1 aromatic carbocycles. The highest BCUT2D eigenvalue weighted by Crippen LogP contribution is 2.32. The van der Waals surface area contributed by atoms with Crippen molar-refractivity contribution in [3.8, 4) is 0 Å². The molecule has 2 N–H and O–H groups in total. The zero-order chi connectivity index (χ0) is 20.5. The van der Waals surface area contributed by atoms with Gasteiger partial charge in [-0.2, -0.15) is 0 Å². The van der Waals surface area contributed by atoms with E-state index in [1.165, 1.54) is 17.6 Å². The third-order valence-corrected chi connectivity index (χ3v) is 5.74. The summed E-state index contributed by atoms with van der Waals surface area (Å²) in [7, 11) is 0. The number of thiophene rings is 1. The minimum Gasteiger partial charge on any atom is -0.459 e. The number of anilines is 2. The summed E-state index contributed by atoms with van der Waals surface area (Å²) >= 11 is 1.39. The van der Waals surface area contributed by atoms with E-state index in [0.717, 1.165) is 27.0 Å². The molecule has 0 bridgehead atoms. The molecule has 2 amide bonds. The molecule has 4 aromatic rings. The molecule has 0 saturated carbocycles. The number of aryl methyl sites for hydroxylation is 3. The summed E-state index contributed by atoms with van der Waals surface area (Å²) in [4.78, 5) is 31.1. The van der Waals surface area contributed by atoms with Crippen molar-refractivity contribution in [1.82, 2.24) is 4.98 Å². The number of rotatable bonds is 4. The molecule has 0 aliphatic rings. The largest absolute Gasteiger partial charge is 0.459 e. The molecule has 3 aromatic heterocycles. The van der Waals surface area contributed by atoms with Crippen molar-refractivity contribution in [3.05, 3.63) is 76.2 Å². The van der Waals surface area contributed by atoms with Gasteiger partial charge in [0, 0.05) is 22.5 Å². The van der Waals surface area contributed by atoms with E-state index in [4.69, 9.17) is 4.42 Å². The average molecular weight is 405 g/mol. The topological polar surface area (TPSA) is 84.2 Å². The lowest BCUT2D eigenvalue weighted by Gasteiger charge is -2.08. The summed E-state index contributed by atoms with van der Waals surface area (Å²) in [5.74, 6) is -0.327. The van der Waals surface area contributed by atoms with Gasteiger partial charge in [-0.25, -0.2) is 4.98 Å². The third kappa shape index (κ3) is 3.77. The van der Waals surface area contributed by atoms with E-state index < -0.39 is 0 Å². The summed E-state index contributed by atoms with van der Waals surface area (Å²) in [5.41, 5.74) is 4.12. The SMILES string of the molecule is Cc1cc(C)c2c(C)c(C(=O)Nc3cccc(NC(=O)c4ccco4)c3)sc2n1. The number of aromatic nitrogens is 1. The first kappa shape index (κ1) is 18.9. The molecule has 0 aliphatic heterocycles. The summed E-state index contributed by atoms with van der Waals surface area (Å²) in [5, 5.41) is 6.70. The van der Waals surface area contributed by atoms with Crippen LogP contribution < -0.4 is 10.6 Å². The molecule has 6 nitrogen and oxygen atoms in total. The Balaban J connectivity index is 1.56. The number of hydrogen-bond donors (Lipinski definition) is 2. The number of amides is 2. The Hall–Kier alpha value is -3.45. The van der Waals surface area contributed by atoms with Crippen LogP contribution in [0.2, 0.25) is 0 Å². The first-order valence-corrected chi connectivity index (χ1v) is 9.87. The van der Waals surface area contributed by atoms with Crippen molar-refractivity contribution >= 4 is 44.7 Å². The standard InChI is InChI=1S/C22H19N3O3S/c1-12-10-13(2)23-22-18(12)14(3)19(29-22)21(27)25-16-7-4-6-15(11-16)24-20(26)17-8-5-9-28-17/h4-11H,1-3H3,(H,24,26)(H,25,27). The maximum atomic E-state index is 12.9. The van der Waals surface area contributed by atoms with Gasteiger partial charge >= 0.3 is 0 Å². The lowest BCUT2D eigenvalue weighted by molar-refractivity contribution is 0.0995. The molecule has 4 rings (SSSR count). The number of pyridine rings is 1. The van der Waals surface area contributed by atoms with Crippen LogP contribution in [0.3, 0.4) is 0 Å². The van der Waals surface area contributed by atoms with E-state index in [1.807, 2.05) is 26.8 Å². The van der Waals surface area contributed by atoms with Crippen LogP contribution in [0, 0.1) is 20.8 Å². The van der Waals surface area contributed by atoms with Crippen LogP contribution in [0.1, 0.15) is 37.0 Å². The molecule has 0 unspecified atom stereocenters. The minimum atomic E-state index is -0.351. The predicted molar refractivity (Wildman–Crippen MR) is 115 cm³/mol. The van der Waals surface area contributed by atoms with Crippen LogP contribution in [0.15, 0.2) is 53.1 Å². The van der Waals surface area contributed by atoms with Crippen molar-refractivity contribution in [2.75, 3.05) is 10.6 Å². The van der Waals surface area contributed by atoms with Gasteiger partial charge in [-0.1, -0.05) is 6.07 Å². The molecular weight excluding hydrogens is 386 g/mol. The van der Waals surface area contributed by atoms with E-state index in [0.29, 0.717) is 16.3 Å². The van der Waals surface area contributed by atoms with Crippen LogP contribution in [0.25, 0.3) is 10.2 Å². The molecule has 0 radical (unpaired) electrons. The fourth-order valence-electron chi connectivity index (χ4n) is 3.30. The average Bonchev–Trinajstić information content (AvgIpc) is 3.30. The van der Waals surface area contributed by atoms with Gasteiger partial charge in [0.05, 0.1) is 11.1 Å². The van der Waals surface area contributed by atoms with Crippen molar-refractivity contribution in [2.24, 2.45) is 0 Å². The Morgan fingerprint density at radius 3 is 2.38 bits per heavy atom. The number of furan rings is 1. The first-order chi connectivity index (χ1) is 13.9. The highest BCUT2D eigenvalue weighted by atomic mass is 32.1. The predicted octanol–water partition coefficient (Wildman–Crippen LogP) is 5.32. The van der Waals surface area contributed by atoms with Crippen molar-refractivity contribution < 1.29 is 14.0 Å². The molecule has 0 atom stereocenters. The number of nitrogens with one attached hydrogen (secondary N) is 2. The monoisotopic (exact) mass is 405 g/mol. The summed E-state index contributed by atoms with van der Waals surface area (Å²) in [6.45, 7) is 5.92. The number of nitrogens with zero attached hydrogens (tertiary/aromatic N) is 1. The fraction of sp³-hybridized carbons (Fsp3) is 0.136. The Morgan fingerprint density at radius 2 is 1.69 bits per heavy atom. The number of carbonyl (C=O) groups is 2. The lowest BCUT2D eigenvalue weighted by atomic mass is 10.1. The van der Waals surface area contributed by atoms with Gasteiger partial charge in [0.2, 0.25) is 0 Å². The van der Waals surface area contributed by atoms with E-state index in [-0.39, 0.29) is 17.6 Å². The third-order valence-electron chi connectivity index (χ3n) is 4.56. The van der Waals surface area contributed by atoms with Crippen molar-refractivity contribution in [3.63, 3.8) is 0 Å². The molecule has 3 heterocycles. The first-order valence-electron chi connectivity index (χ1n) is 9.06. The number of benzene rings is 1. The Labute approximate surface area is 171 Å².